The molecule has 1 aliphatic heterocycles. The monoisotopic (exact) mass is 284 g/mol. The number of nitrogens with zero attached hydrogens (tertiary/aromatic N) is 2. The second kappa shape index (κ2) is 6.10. The van der Waals surface area contributed by atoms with Gasteiger partial charge in [-0.2, -0.15) is 5.10 Å². The first kappa shape index (κ1) is 13.8. The van der Waals surface area contributed by atoms with Gasteiger partial charge in [0.15, 0.2) is 0 Å². The topological polar surface area (TPSA) is 59.0 Å². The standard InChI is InChI=1S/C16H20N4O/c1-12(14-10-17-11-14)16(21)18-9-13-3-5-15(6-4-13)20-8-2-7-19-20/h2-8,12,14,17H,9-11H2,1H3,(H,18,21). The molecule has 1 fully saturated rings. The summed E-state index contributed by atoms with van der Waals surface area (Å²) in [5.41, 5.74) is 2.11. The lowest BCUT2D eigenvalue weighted by atomic mass is 9.88. The Hall–Kier alpha value is -2.14. The molecular formula is C16H20N4O. The maximum atomic E-state index is 12.1. The molecule has 5 nitrogen and oxygen atoms in total. The Kier molecular flexibility index (Phi) is 4.01. The summed E-state index contributed by atoms with van der Waals surface area (Å²) >= 11 is 0. The molecule has 2 heterocycles. The molecule has 0 spiro atoms. The SMILES string of the molecule is CC(C(=O)NCc1ccc(-n2cccn2)cc1)C1CNC1. The lowest BCUT2D eigenvalue weighted by molar-refractivity contribution is -0.126. The average Bonchev–Trinajstić information content (AvgIpc) is 2.97. The molecular weight excluding hydrogens is 264 g/mol. The zero-order chi connectivity index (χ0) is 14.7. The summed E-state index contributed by atoms with van der Waals surface area (Å²) in [7, 11) is 0. The molecule has 2 N–H and O–H groups in total. The van der Waals surface area contributed by atoms with Crippen LogP contribution in [-0.4, -0.2) is 28.8 Å². The fraction of sp³-hybridized carbons (Fsp3) is 0.375. The van der Waals surface area contributed by atoms with Gasteiger partial charge in [-0.05, 0) is 42.8 Å². The van der Waals surface area contributed by atoms with Crippen LogP contribution in [0.15, 0.2) is 42.7 Å². The van der Waals surface area contributed by atoms with Crippen molar-refractivity contribution in [2.45, 2.75) is 13.5 Å². The number of nitrogens with one attached hydrogen (secondary N) is 2. The van der Waals surface area contributed by atoms with Gasteiger partial charge in [-0.25, -0.2) is 4.68 Å². The first-order chi connectivity index (χ1) is 10.2. The maximum absolute atomic E-state index is 12.1. The van der Waals surface area contributed by atoms with Gasteiger partial charge in [0, 0.05) is 24.9 Å². The molecule has 1 aromatic carbocycles. The van der Waals surface area contributed by atoms with E-state index in [-0.39, 0.29) is 11.8 Å². The van der Waals surface area contributed by atoms with Gasteiger partial charge in [0.1, 0.15) is 0 Å². The molecule has 0 bridgehead atoms. The summed E-state index contributed by atoms with van der Waals surface area (Å²) in [4.78, 5) is 12.1. The van der Waals surface area contributed by atoms with E-state index in [9.17, 15) is 4.79 Å². The van der Waals surface area contributed by atoms with Crippen molar-refractivity contribution < 1.29 is 4.79 Å². The van der Waals surface area contributed by atoms with E-state index in [1.54, 1.807) is 6.20 Å². The van der Waals surface area contributed by atoms with E-state index < -0.39 is 0 Å². The second-order valence-electron chi connectivity index (χ2n) is 5.54. The third kappa shape index (κ3) is 3.13. The van der Waals surface area contributed by atoms with Gasteiger partial charge >= 0.3 is 0 Å². The molecule has 1 aromatic heterocycles. The Bertz CT molecular complexity index is 587. The first-order valence-electron chi connectivity index (χ1n) is 7.31. The van der Waals surface area contributed by atoms with Crippen LogP contribution in [0, 0.1) is 11.8 Å². The van der Waals surface area contributed by atoms with Crippen LogP contribution < -0.4 is 10.6 Å². The quantitative estimate of drug-likeness (QED) is 0.871. The van der Waals surface area contributed by atoms with E-state index >= 15 is 0 Å². The van der Waals surface area contributed by atoms with Crippen LogP contribution in [0.2, 0.25) is 0 Å². The third-order valence-electron chi connectivity index (χ3n) is 4.11. The van der Waals surface area contributed by atoms with Crippen LogP contribution in [0.3, 0.4) is 0 Å². The molecule has 5 heteroatoms. The van der Waals surface area contributed by atoms with Crippen molar-refractivity contribution in [2.75, 3.05) is 13.1 Å². The fourth-order valence-corrected chi connectivity index (χ4v) is 2.42. The van der Waals surface area contributed by atoms with Gasteiger partial charge in [0.25, 0.3) is 0 Å². The van der Waals surface area contributed by atoms with Crippen LogP contribution >= 0.6 is 0 Å². The molecule has 3 rings (SSSR count). The van der Waals surface area contributed by atoms with Crippen molar-refractivity contribution >= 4 is 5.91 Å². The summed E-state index contributed by atoms with van der Waals surface area (Å²) in [5.74, 6) is 0.694. The molecule has 110 valence electrons. The molecule has 1 atom stereocenters. The Morgan fingerprint density at radius 1 is 1.43 bits per heavy atom. The number of hydrogen-bond donors (Lipinski definition) is 2. The van der Waals surface area contributed by atoms with Gasteiger partial charge in [-0.3, -0.25) is 4.79 Å². The van der Waals surface area contributed by atoms with Crippen molar-refractivity contribution in [1.29, 1.82) is 0 Å². The normalized spacial score (nSPS) is 16.2. The summed E-state index contributed by atoms with van der Waals surface area (Å²) in [6.45, 7) is 4.48. The van der Waals surface area contributed by atoms with Crippen LogP contribution in [0.25, 0.3) is 5.69 Å². The van der Waals surface area contributed by atoms with Crippen molar-refractivity contribution in [1.82, 2.24) is 20.4 Å². The van der Waals surface area contributed by atoms with Crippen molar-refractivity contribution in [3.63, 3.8) is 0 Å². The van der Waals surface area contributed by atoms with E-state index in [4.69, 9.17) is 0 Å². The van der Waals surface area contributed by atoms with Crippen LogP contribution in [-0.2, 0) is 11.3 Å². The fourth-order valence-electron chi connectivity index (χ4n) is 2.42. The van der Waals surface area contributed by atoms with E-state index in [2.05, 4.69) is 15.7 Å². The smallest absolute Gasteiger partial charge is 0.223 e. The first-order valence-corrected chi connectivity index (χ1v) is 7.31. The predicted molar refractivity (Wildman–Crippen MR) is 80.9 cm³/mol. The van der Waals surface area contributed by atoms with E-state index in [1.807, 2.05) is 48.1 Å². The number of benzene rings is 1. The van der Waals surface area contributed by atoms with Gasteiger partial charge < -0.3 is 10.6 Å². The average molecular weight is 284 g/mol. The molecule has 1 aliphatic rings. The second-order valence-corrected chi connectivity index (χ2v) is 5.54. The van der Waals surface area contributed by atoms with E-state index in [1.165, 1.54) is 0 Å². The molecule has 1 amide bonds. The predicted octanol–water partition coefficient (Wildman–Crippen LogP) is 1.34. The Morgan fingerprint density at radius 2 is 2.19 bits per heavy atom. The lowest BCUT2D eigenvalue weighted by Gasteiger charge is -2.31. The molecule has 0 radical (unpaired) electrons. The molecule has 1 unspecified atom stereocenters. The van der Waals surface area contributed by atoms with Gasteiger partial charge in [0.05, 0.1) is 5.69 Å². The number of hydrogen-bond acceptors (Lipinski definition) is 3. The number of aromatic nitrogens is 2. The maximum Gasteiger partial charge on any atom is 0.223 e. The number of amides is 1. The van der Waals surface area contributed by atoms with Gasteiger partial charge in [0.2, 0.25) is 5.91 Å². The molecule has 0 saturated carbocycles. The molecule has 0 aliphatic carbocycles. The number of carbonyl (C=O) groups is 1. The van der Waals surface area contributed by atoms with Crippen molar-refractivity contribution in [3.05, 3.63) is 48.3 Å². The number of rotatable bonds is 5. The largest absolute Gasteiger partial charge is 0.352 e. The van der Waals surface area contributed by atoms with Crippen molar-refractivity contribution in [2.24, 2.45) is 11.8 Å². The third-order valence-corrected chi connectivity index (χ3v) is 4.11. The highest BCUT2D eigenvalue weighted by molar-refractivity contribution is 5.78. The van der Waals surface area contributed by atoms with Crippen LogP contribution in [0.4, 0.5) is 0 Å². The minimum atomic E-state index is 0.0783. The summed E-state index contributed by atoms with van der Waals surface area (Å²) in [5, 5.41) is 10.4. The summed E-state index contributed by atoms with van der Waals surface area (Å²) in [6.07, 6.45) is 3.66. The summed E-state index contributed by atoms with van der Waals surface area (Å²) in [6, 6.07) is 9.95. The highest BCUT2D eigenvalue weighted by atomic mass is 16.1. The van der Waals surface area contributed by atoms with Gasteiger partial charge in [-0.1, -0.05) is 19.1 Å². The minimum Gasteiger partial charge on any atom is -0.352 e. The molecule has 21 heavy (non-hydrogen) atoms. The molecule has 2 aromatic rings. The molecule has 1 saturated heterocycles. The number of carbonyl (C=O) groups excluding carboxylic acids is 1. The zero-order valence-electron chi connectivity index (χ0n) is 12.1. The Labute approximate surface area is 124 Å². The highest BCUT2D eigenvalue weighted by Crippen LogP contribution is 2.16. The van der Waals surface area contributed by atoms with Crippen molar-refractivity contribution in [3.8, 4) is 5.69 Å². The minimum absolute atomic E-state index is 0.0783. The lowest BCUT2D eigenvalue weighted by Crippen LogP contribution is -2.49. The summed E-state index contributed by atoms with van der Waals surface area (Å²) < 4.78 is 1.81. The van der Waals surface area contributed by atoms with E-state index in [0.29, 0.717) is 12.5 Å². The highest BCUT2D eigenvalue weighted by Gasteiger charge is 2.28. The Balaban J connectivity index is 1.54. The van der Waals surface area contributed by atoms with Crippen LogP contribution in [0.1, 0.15) is 12.5 Å². The van der Waals surface area contributed by atoms with E-state index in [0.717, 1.165) is 24.3 Å². The zero-order valence-corrected chi connectivity index (χ0v) is 12.1. The van der Waals surface area contributed by atoms with Gasteiger partial charge in [-0.15, -0.1) is 0 Å². The van der Waals surface area contributed by atoms with Crippen LogP contribution in [0.5, 0.6) is 0 Å². The Morgan fingerprint density at radius 3 is 2.76 bits per heavy atom.